The quantitative estimate of drug-likeness (QED) is 0.903. The highest BCUT2D eigenvalue weighted by atomic mass is 16.4. The lowest BCUT2D eigenvalue weighted by Crippen LogP contribution is -2.50. The fourth-order valence-corrected chi connectivity index (χ4v) is 3.16. The van der Waals surface area contributed by atoms with Gasteiger partial charge in [-0.3, -0.25) is 14.5 Å². The number of likely N-dealkylation sites (tertiary alicyclic amines) is 1. The van der Waals surface area contributed by atoms with Gasteiger partial charge in [0.05, 0.1) is 12.0 Å². The molecule has 0 radical (unpaired) electrons. The Morgan fingerprint density at radius 3 is 2.74 bits per heavy atom. The Bertz CT molecular complexity index is 573. The van der Waals surface area contributed by atoms with Gasteiger partial charge < -0.3 is 10.0 Å². The lowest BCUT2D eigenvalue weighted by molar-refractivity contribution is -0.146. The van der Waals surface area contributed by atoms with Gasteiger partial charge in [0.1, 0.15) is 0 Å². The zero-order valence-corrected chi connectivity index (χ0v) is 14.2. The van der Waals surface area contributed by atoms with Gasteiger partial charge in [0.15, 0.2) is 0 Å². The first-order valence-corrected chi connectivity index (χ1v) is 8.16. The summed E-state index contributed by atoms with van der Waals surface area (Å²) < 4.78 is 0. The van der Waals surface area contributed by atoms with Crippen molar-refractivity contribution in [3.63, 3.8) is 0 Å². The van der Waals surface area contributed by atoms with Gasteiger partial charge in [-0.1, -0.05) is 24.3 Å². The van der Waals surface area contributed by atoms with Crippen LogP contribution in [0.25, 0.3) is 0 Å². The second kappa shape index (κ2) is 7.59. The van der Waals surface area contributed by atoms with Crippen molar-refractivity contribution in [2.75, 3.05) is 20.1 Å². The van der Waals surface area contributed by atoms with Crippen molar-refractivity contribution in [2.45, 2.75) is 39.3 Å². The average molecular weight is 318 g/mol. The molecule has 2 unspecified atom stereocenters. The molecule has 1 saturated heterocycles. The largest absolute Gasteiger partial charge is 0.481 e. The number of aryl methyl sites for hydroxylation is 1. The molecule has 0 aliphatic carbocycles. The molecule has 0 saturated carbocycles. The normalized spacial score (nSPS) is 20.0. The number of carboxylic acids is 1. The molecule has 1 N–H and O–H groups in total. The monoisotopic (exact) mass is 318 g/mol. The maximum atomic E-state index is 12.7. The minimum atomic E-state index is -0.761. The number of piperidine rings is 1. The van der Waals surface area contributed by atoms with E-state index in [1.807, 2.05) is 50.1 Å². The third-order valence-corrected chi connectivity index (χ3v) is 4.75. The van der Waals surface area contributed by atoms with E-state index >= 15 is 0 Å². The molecule has 23 heavy (non-hydrogen) atoms. The van der Waals surface area contributed by atoms with Crippen molar-refractivity contribution in [1.82, 2.24) is 9.80 Å². The van der Waals surface area contributed by atoms with E-state index in [0.717, 1.165) is 18.5 Å². The first-order valence-electron chi connectivity index (χ1n) is 8.16. The molecule has 126 valence electrons. The predicted molar refractivity (Wildman–Crippen MR) is 89.0 cm³/mol. The van der Waals surface area contributed by atoms with E-state index in [1.54, 1.807) is 4.90 Å². The minimum absolute atomic E-state index is 0.0410. The van der Waals surface area contributed by atoms with Crippen molar-refractivity contribution in [3.05, 3.63) is 35.4 Å². The number of hydrogen-bond donors (Lipinski definition) is 1. The maximum Gasteiger partial charge on any atom is 0.307 e. The van der Waals surface area contributed by atoms with E-state index in [4.69, 9.17) is 0 Å². The summed E-state index contributed by atoms with van der Waals surface area (Å²) in [7, 11) is 1.81. The third-order valence-electron chi connectivity index (χ3n) is 4.75. The van der Waals surface area contributed by atoms with Crippen LogP contribution in [0, 0.1) is 12.8 Å². The minimum Gasteiger partial charge on any atom is -0.481 e. The van der Waals surface area contributed by atoms with E-state index in [2.05, 4.69) is 0 Å². The highest BCUT2D eigenvalue weighted by molar-refractivity contribution is 5.81. The zero-order valence-electron chi connectivity index (χ0n) is 14.2. The van der Waals surface area contributed by atoms with Crippen molar-refractivity contribution in [2.24, 2.45) is 5.92 Å². The van der Waals surface area contributed by atoms with Crippen molar-refractivity contribution >= 4 is 11.9 Å². The summed E-state index contributed by atoms with van der Waals surface area (Å²) in [6, 6.07) is 7.76. The van der Waals surface area contributed by atoms with Gasteiger partial charge in [-0.05, 0) is 44.4 Å². The smallest absolute Gasteiger partial charge is 0.307 e. The van der Waals surface area contributed by atoms with Crippen LogP contribution in [0.1, 0.15) is 30.9 Å². The van der Waals surface area contributed by atoms with Gasteiger partial charge in [0.2, 0.25) is 5.91 Å². The fourth-order valence-electron chi connectivity index (χ4n) is 3.16. The van der Waals surface area contributed by atoms with Gasteiger partial charge in [-0.15, -0.1) is 0 Å². The van der Waals surface area contributed by atoms with Crippen LogP contribution in [-0.4, -0.2) is 53.0 Å². The van der Waals surface area contributed by atoms with Crippen molar-refractivity contribution in [3.8, 4) is 0 Å². The molecule has 5 nitrogen and oxygen atoms in total. The number of likely N-dealkylation sites (N-methyl/N-ethyl adjacent to an activating group) is 1. The Hall–Kier alpha value is -1.88. The molecule has 2 rings (SSSR count). The second-order valence-electron chi connectivity index (χ2n) is 6.47. The topological polar surface area (TPSA) is 60.9 Å². The van der Waals surface area contributed by atoms with E-state index in [1.165, 1.54) is 5.56 Å². The van der Waals surface area contributed by atoms with Gasteiger partial charge in [0.25, 0.3) is 0 Å². The molecule has 1 aromatic carbocycles. The Kier molecular flexibility index (Phi) is 5.77. The molecule has 1 aliphatic heterocycles. The fraction of sp³-hybridized carbons (Fsp3) is 0.556. The molecule has 1 aliphatic rings. The highest BCUT2D eigenvalue weighted by Gasteiger charge is 2.31. The second-order valence-corrected chi connectivity index (χ2v) is 6.47. The number of rotatable bonds is 5. The Labute approximate surface area is 137 Å². The van der Waals surface area contributed by atoms with Gasteiger partial charge >= 0.3 is 5.97 Å². The summed E-state index contributed by atoms with van der Waals surface area (Å²) in [6.45, 7) is 5.74. The Morgan fingerprint density at radius 2 is 2.09 bits per heavy atom. The first-order chi connectivity index (χ1) is 10.9. The Morgan fingerprint density at radius 1 is 1.39 bits per heavy atom. The first kappa shape index (κ1) is 17.5. The molecular formula is C18H26N2O3. The van der Waals surface area contributed by atoms with E-state index in [-0.39, 0.29) is 17.9 Å². The summed E-state index contributed by atoms with van der Waals surface area (Å²) in [5.74, 6) is -1.08. The van der Waals surface area contributed by atoms with Crippen molar-refractivity contribution < 1.29 is 14.7 Å². The number of amides is 1. The van der Waals surface area contributed by atoms with E-state index in [0.29, 0.717) is 19.5 Å². The molecule has 1 heterocycles. The zero-order chi connectivity index (χ0) is 17.0. The van der Waals surface area contributed by atoms with Crippen LogP contribution in [0.4, 0.5) is 0 Å². The summed E-state index contributed by atoms with van der Waals surface area (Å²) in [6.07, 6.45) is 1.53. The lowest BCUT2D eigenvalue weighted by Gasteiger charge is -2.36. The maximum absolute atomic E-state index is 12.7. The standard InChI is InChI=1S/C18H26N2O3/c1-13-7-4-5-8-15(13)11-19(3)17(21)14(2)20-10-6-9-16(12-20)18(22)23/h4-5,7-8,14,16H,6,9-12H2,1-3H3,(H,22,23). The SMILES string of the molecule is Cc1ccccc1CN(C)C(=O)C(C)N1CCCC(C(=O)O)C1. The number of benzene rings is 1. The van der Waals surface area contributed by atoms with Crippen molar-refractivity contribution in [1.29, 1.82) is 0 Å². The average Bonchev–Trinajstić information content (AvgIpc) is 2.55. The van der Waals surface area contributed by atoms with Crippen LogP contribution in [0.3, 0.4) is 0 Å². The summed E-state index contributed by atoms with van der Waals surface area (Å²) in [5, 5.41) is 9.19. The number of aliphatic carboxylic acids is 1. The van der Waals surface area contributed by atoms with Crippen LogP contribution < -0.4 is 0 Å². The molecule has 1 fully saturated rings. The van der Waals surface area contributed by atoms with Crippen LogP contribution in [-0.2, 0) is 16.1 Å². The number of hydrogen-bond acceptors (Lipinski definition) is 3. The summed E-state index contributed by atoms with van der Waals surface area (Å²) in [4.78, 5) is 27.6. The van der Waals surface area contributed by atoms with Gasteiger partial charge in [-0.25, -0.2) is 0 Å². The molecule has 1 aromatic rings. The molecule has 1 amide bonds. The number of carboxylic acid groups (broad SMARTS) is 1. The highest BCUT2D eigenvalue weighted by Crippen LogP contribution is 2.20. The number of nitrogens with zero attached hydrogens (tertiary/aromatic N) is 2. The lowest BCUT2D eigenvalue weighted by atomic mass is 9.97. The van der Waals surface area contributed by atoms with E-state index in [9.17, 15) is 14.7 Å². The molecular weight excluding hydrogens is 292 g/mol. The molecule has 0 aromatic heterocycles. The molecule has 0 spiro atoms. The number of carbonyl (C=O) groups is 2. The molecule has 5 heteroatoms. The summed E-state index contributed by atoms with van der Waals surface area (Å²) in [5.41, 5.74) is 2.31. The molecule has 0 bridgehead atoms. The molecule has 2 atom stereocenters. The van der Waals surface area contributed by atoms with E-state index < -0.39 is 5.97 Å². The van der Waals surface area contributed by atoms with Gasteiger partial charge in [0, 0.05) is 20.1 Å². The Balaban J connectivity index is 1.98. The van der Waals surface area contributed by atoms with Gasteiger partial charge in [-0.2, -0.15) is 0 Å². The summed E-state index contributed by atoms with van der Waals surface area (Å²) >= 11 is 0. The number of carbonyl (C=O) groups excluding carboxylic acids is 1. The third kappa shape index (κ3) is 4.32. The van der Waals surface area contributed by atoms with Crippen LogP contribution in [0.2, 0.25) is 0 Å². The van der Waals surface area contributed by atoms with Crippen LogP contribution in [0.15, 0.2) is 24.3 Å². The van der Waals surface area contributed by atoms with Crippen LogP contribution in [0.5, 0.6) is 0 Å². The predicted octanol–water partition coefficient (Wildman–Crippen LogP) is 2.14. The van der Waals surface area contributed by atoms with Crippen LogP contribution >= 0.6 is 0 Å².